The number of benzene rings is 2. The zero-order valence-corrected chi connectivity index (χ0v) is 31.8. The Kier molecular flexibility index (Phi) is 9.85. The average molecular weight is 802 g/mol. The van der Waals surface area contributed by atoms with Crippen molar-refractivity contribution in [1.82, 2.24) is 29.6 Å². The Morgan fingerprint density at radius 1 is 1.12 bits per heavy atom. The second-order valence-electron chi connectivity index (χ2n) is 15.2. The van der Waals surface area contributed by atoms with E-state index in [1.54, 1.807) is 21.6 Å². The van der Waals surface area contributed by atoms with Crippen molar-refractivity contribution in [2.24, 2.45) is 0 Å². The molecule has 3 unspecified atom stereocenters. The molecule has 56 heavy (non-hydrogen) atoms. The lowest BCUT2D eigenvalue weighted by atomic mass is 9.92. The van der Waals surface area contributed by atoms with Crippen molar-refractivity contribution < 1.29 is 35.9 Å². The fraction of sp³-hybridized carbons (Fsp3) is 0.526. The van der Waals surface area contributed by atoms with Crippen LogP contribution in [0.3, 0.4) is 0 Å². The van der Waals surface area contributed by atoms with Gasteiger partial charge in [0.25, 0.3) is 0 Å². The average Bonchev–Trinajstić information content (AvgIpc) is 3.94. The van der Waals surface area contributed by atoms with E-state index in [0.717, 1.165) is 37.7 Å². The van der Waals surface area contributed by atoms with Gasteiger partial charge in [0.15, 0.2) is 5.82 Å². The topological polar surface area (TPSA) is 118 Å². The molecule has 8 rings (SSSR count). The quantitative estimate of drug-likeness (QED) is 0.210. The number of urea groups is 1. The third kappa shape index (κ3) is 6.50. The highest BCUT2D eigenvalue weighted by molar-refractivity contribution is 7.23. The van der Waals surface area contributed by atoms with Gasteiger partial charge in [-0.1, -0.05) is 6.07 Å². The van der Waals surface area contributed by atoms with E-state index in [0.29, 0.717) is 50.4 Å². The van der Waals surface area contributed by atoms with Crippen LogP contribution in [0, 0.1) is 23.0 Å². The number of nitrogens with two attached hydrogens (primary N) is 1. The van der Waals surface area contributed by atoms with Crippen LogP contribution >= 0.6 is 11.3 Å². The number of hydrogen-bond donors (Lipinski definition) is 1. The molecule has 3 atom stereocenters. The van der Waals surface area contributed by atoms with Crippen molar-refractivity contribution in [3.8, 4) is 23.2 Å². The zero-order valence-electron chi connectivity index (χ0n) is 30.9. The third-order valence-electron chi connectivity index (χ3n) is 11.9. The Morgan fingerprint density at radius 3 is 2.61 bits per heavy atom. The molecule has 4 aromatic rings. The van der Waals surface area contributed by atoms with Crippen LogP contribution in [-0.4, -0.2) is 126 Å². The number of alkyl halides is 4. The number of ether oxygens (including phenoxy) is 1. The van der Waals surface area contributed by atoms with Crippen LogP contribution in [0.4, 0.5) is 42.0 Å². The summed E-state index contributed by atoms with van der Waals surface area (Å²) in [5.41, 5.74) is 1.94. The van der Waals surface area contributed by atoms with Crippen LogP contribution < -0.4 is 15.4 Å². The van der Waals surface area contributed by atoms with Gasteiger partial charge in [-0.15, -0.1) is 11.3 Å². The van der Waals surface area contributed by atoms with Gasteiger partial charge in [-0.2, -0.15) is 28.4 Å². The normalized spacial score (nSPS) is 23.3. The van der Waals surface area contributed by atoms with Crippen LogP contribution in [0.15, 0.2) is 18.2 Å². The summed E-state index contributed by atoms with van der Waals surface area (Å²) < 4.78 is 98.6. The Bertz CT molecular complexity index is 2240. The third-order valence-corrected chi connectivity index (χ3v) is 12.9. The van der Waals surface area contributed by atoms with Gasteiger partial charge in [0, 0.05) is 81.2 Å². The molecule has 4 saturated heterocycles. The highest BCUT2D eigenvalue weighted by atomic mass is 32.1. The molecule has 18 heteroatoms. The Balaban J connectivity index is 1.27. The molecule has 298 valence electrons. The molecule has 4 aliphatic rings. The summed E-state index contributed by atoms with van der Waals surface area (Å²) in [6.07, 6.45) is -3.99. The number of nitrogens with zero attached hydrogens (tertiary/aromatic N) is 8. The molecular formula is C38H41F6N9O2S. The lowest BCUT2D eigenvalue weighted by Crippen LogP contribution is -2.52. The fourth-order valence-electron chi connectivity index (χ4n) is 9.07. The van der Waals surface area contributed by atoms with E-state index in [-0.39, 0.29) is 82.1 Å². The number of carbonyl (C=O) groups is 1. The maximum atomic E-state index is 17.3. The molecular weight excluding hydrogens is 761 g/mol. The summed E-state index contributed by atoms with van der Waals surface area (Å²) in [5.74, 6) is -2.21. The highest BCUT2D eigenvalue weighted by Gasteiger charge is 2.49. The van der Waals surface area contributed by atoms with Crippen molar-refractivity contribution in [3.05, 3.63) is 41.0 Å². The predicted molar refractivity (Wildman–Crippen MR) is 200 cm³/mol. The number of likely N-dealkylation sites (N-methyl/N-ethyl adjacent to an activating group) is 2. The van der Waals surface area contributed by atoms with Crippen LogP contribution in [0.5, 0.6) is 6.01 Å². The SMILES string of the molecule is CCN(c1nc(OCC23CCCN2CC(F)C3)nc2c(F)c(-c3ccc(F)c4sc(N)c(C#N)c34)c(C(F)(F)F)cc12)C1CCN(C(=O)N2CCN(C)CC2)C1. The summed E-state index contributed by atoms with van der Waals surface area (Å²) in [6, 6.07) is 3.73. The molecule has 2 N–H and O–H groups in total. The van der Waals surface area contributed by atoms with Gasteiger partial charge in [-0.3, -0.25) is 4.90 Å². The predicted octanol–water partition coefficient (Wildman–Crippen LogP) is 6.49. The van der Waals surface area contributed by atoms with Crippen molar-refractivity contribution in [3.63, 3.8) is 0 Å². The van der Waals surface area contributed by atoms with Gasteiger partial charge >= 0.3 is 18.2 Å². The molecule has 11 nitrogen and oxygen atoms in total. The number of piperazine rings is 1. The largest absolute Gasteiger partial charge is 0.461 e. The van der Waals surface area contributed by atoms with Crippen LogP contribution in [0.2, 0.25) is 0 Å². The molecule has 4 fully saturated rings. The number of carbonyl (C=O) groups excluding carboxylic acids is 1. The van der Waals surface area contributed by atoms with Gasteiger partial charge < -0.3 is 30.1 Å². The number of fused-ring (bicyclic) bond motifs is 3. The van der Waals surface area contributed by atoms with E-state index in [9.17, 15) is 14.4 Å². The van der Waals surface area contributed by atoms with Crippen molar-refractivity contribution >= 4 is 49.2 Å². The minimum absolute atomic E-state index is 0.0142. The molecule has 0 bridgehead atoms. The van der Waals surface area contributed by atoms with Crippen molar-refractivity contribution in [2.45, 2.75) is 56.5 Å². The van der Waals surface area contributed by atoms with E-state index in [2.05, 4.69) is 14.9 Å². The molecule has 0 radical (unpaired) electrons. The summed E-state index contributed by atoms with van der Waals surface area (Å²) in [7, 11) is 1.99. The standard InChI is InChI=1S/C38H41F6N9O2S/c1-3-53(22-7-10-51(19-22)36(54)50-13-11-49(2)12-14-50)34-24-15-26(38(42,43)44)29(23-5-6-27(40)32-28(23)25(17-45)33(46)56-32)30(41)31(24)47-35(48-34)55-20-37-8-4-9-52(37)18-21(39)16-37/h5-6,15,21-22H,3-4,7-14,16,18-20,46H2,1-2H3. The first-order valence-corrected chi connectivity index (χ1v) is 19.6. The molecule has 2 aromatic carbocycles. The second-order valence-corrected chi connectivity index (χ2v) is 16.3. The van der Waals surface area contributed by atoms with E-state index < -0.39 is 52.2 Å². The molecule has 0 saturated carbocycles. The lowest BCUT2D eigenvalue weighted by Gasteiger charge is -2.35. The first-order chi connectivity index (χ1) is 26.7. The molecule has 0 aliphatic carbocycles. The van der Waals surface area contributed by atoms with E-state index in [1.165, 1.54) is 0 Å². The van der Waals surface area contributed by atoms with Crippen LogP contribution in [0.1, 0.15) is 43.7 Å². The summed E-state index contributed by atoms with van der Waals surface area (Å²) in [6.45, 7) is 6.23. The molecule has 2 amide bonds. The number of amides is 2. The van der Waals surface area contributed by atoms with Crippen molar-refractivity contribution in [1.29, 1.82) is 5.26 Å². The Morgan fingerprint density at radius 2 is 1.89 bits per heavy atom. The molecule has 0 spiro atoms. The number of hydrogen-bond acceptors (Lipinski definition) is 10. The molecule has 2 aromatic heterocycles. The number of halogens is 6. The smallest absolute Gasteiger partial charge is 0.417 e. The number of likely N-dealkylation sites (tertiary alicyclic amines) is 1. The summed E-state index contributed by atoms with van der Waals surface area (Å²) in [5, 5.41) is 9.30. The molecule has 6 heterocycles. The second kappa shape index (κ2) is 14.4. The Labute approximate surface area is 323 Å². The number of rotatable bonds is 7. The monoisotopic (exact) mass is 801 g/mol. The maximum Gasteiger partial charge on any atom is 0.417 e. The first kappa shape index (κ1) is 38.3. The first-order valence-electron chi connectivity index (χ1n) is 18.8. The number of nitriles is 1. The number of anilines is 2. The minimum atomic E-state index is -5.13. The van der Waals surface area contributed by atoms with Gasteiger partial charge in [0.1, 0.15) is 41.0 Å². The van der Waals surface area contributed by atoms with E-state index in [1.807, 2.05) is 18.0 Å². The molecule has 4 aliphatic heterocycles. The van der Waals surface area contributed by atoms with Gasteiger partial charge in [-0.05, 0) is 57.5 Å². The van der Waals surface area contributed by atoms with Gasteiger partial charge in [0.2, 0.25) is 0 Å². The lowest BCUT2D eigenvalue weighted by molar-refractivity contribution is -0.137. The van der Waals surface area contributed by atoms with Crippen LogP contribution in [0.25, 0.3) is 32.1 Å². The Hall–Kier alpha value is -4.60. The van der Waals surface area contributed by atoms with Gasteiger partial charge in [0.05, 0.1) is 21.4 Å². The number of nitrogen functional groups attached to an aromatic ring is 1. The van der Waals surface area contributed by atoms with Crippen LogP contribution in [-0.2, 0) is 6.18 Å². The highest BCUT2D eigenvalue weighted by Crippen LogP contribution is 2.48. The van der Waals surface area contributed by atoms with Crippen molar-refractivity contribution in [2.75, 3.05) is 83.2 Å². The summed E-state index contributed by atoms with van der Waals surface area (Å²) in [4.78, 5) is 32.0. The van der Waals surface area contributed by atoms with E-state index in [4.69, 9.17) is 10.5 Å². The fourth-order valence-corrected chi connectivity index (χ4v) is 10.0. The van der Waals surface area contributed by atoms with Gasteiger partial charge in [-0.25, -0.2) is 18.0 Å². The van der Waals surface area contributed by atoms with E-state index >= 15 is 22.0 Å². The number of aromatic nitrogens is 2. The number of thiophene rings is 1. The zero-order chi connectivity index (χ0) is 39.7. The maximum absolute atomic E-state index is 17.3. The minimum Gasteiger partial charge on any atom is -0.461 e. The summed E-state index contributed by atoms with van der Waals surface area (Å²) >= 11 is 0.685.